The Bertz CT molecular complexity index is 1070. The third-order valence-corrected chi connectivity index (χ3v) is 8.37. The number of hydrogen-bond donors (Lipinski definition) is 0. The van der Waals surface area contributed by atoms with Crippen molar-refractivity contribution >= 4 is 23.2 Å². The minimum absolute atomic E-state index is 0.000199. The van der Waals surface area contributed by atoms with Crippen LogP contribution >= 0.6 is 11.3 Å². The molecule has 2 saturated heterocycles. The van der Waals surface area contributed by atoms with Gasteiger partial charge in [-0.15, -0.1) is 11.3 Å². The van der Waals surface area contributed by atoms with Crippen molar-refractivity contribution in [3.63, 3.8) is 0 Å². The average molecular weight is 517 g/mol. The van der Waals surface area contributed by atoms with Gasteiger partial charge in [0.1, 0.15) is 5.69 Å². The Kier molecular flexibility index (Phi) is 8.35. The highest BCUT2D eigenvalue weighted by Crippen LogP contribution is 2.41. The predicted molar refractivity (Wildman–Crippen MR) is 139 cm³/mol. The Morgan fingerprint density at radius 1 is 0.972 bits per heavy atom. The van der Waals surface area contributed by atoms with Crippen LogP contribution in [0.2, 0.25) is 0 Å². The van der Waals surface area contributed by atoms with Crippen LogP contribution in [0.5, 0.6) is 17.2 Å². The van der Waals surface area contributed by atoms with E-state index in [4.69, 9.17) is 19.2 Å². The zero-order chi connectivity index (χ0) is 25.8. The van der Waals surface area contributed by atoms with E-state index in [1.165, 1.54) is 14.2 Å². The Morgan fingerprint density at radius 3 is 2.25 bits per heavy atom. The van der Waals surface area contributed by atoms with E-state index < -0.39 is 0 Å². The van der Waals surface area contributed by atoms with Crippen LogP contribution in [-0.4, -0.2) is 99.1 Å². The molecule has 4 rings (SSSR count). The second-order valence-electron chi connectivity index (χ2n) is 9.47. The molecule has 2 aliphatic rings. The molecule has 196 valence electrons. The zero-order valence-corrected chi connectivity index (χ0v) is 22.6. The standard InChI is InChI=1S/C26H36N4O5S/c1-28-12-10-18(11-13-28)29(2)26(32)20-16-36-24(27-20)17-8-14-30(15-9-17)25(31)19-6-7-21(33-3)23(35-5)22(19)34-4/h6-7,16-18H,8-15H2,1-5H3. The number of hydrogen-bond acceptors (Lipinski definition) is 8. The van der Waals surface area contributed by atoms with E-state index in [-0.39, 0.29) is 23.8 Å². The summed E-state index contributed by atoms with van der Waals surface area (Å²) < 4.78 is 16.3. The molecule has 3 heterocycles. The quantitative estimate of drug-likeness (QED) is 0.558. The number of piperidine rings is 2. The first-order valence-electron chi connectivity index (χ1n) is 12.4. The third-order valence-electron chi connectivity index (χ3n) is 7.36. The van der Waals surface area contributed by atoms with Crippen LogP contribution in [0.3, 0.4) is 0 Å². The molecule has 0 bridgehead atoms. The van der Waals surface area contributed by atoms with Crippen LogP contribution in [-0.2, 0) is 0 Å². The molecular weight excluding hydrogens is 480 g/mol. The molecule has 2 fully saturated rings. The normalized spacial score (nSPS) is 17.6. The maximum absolute atomic E-state index is 13.3. The third kappa shape index (κ3) is 5.29. The van der Waals surface area contributed by atoms with E-state index >= 15 is 0 Å². The number of rotatable bonds is 7. The fourth-order valence-corrected chi connectivity index (χ4v) is 6.04. The largest absolute Gasteiger partial charge is 0.493 e. The molecule has 9 nitrogen and oxygen atoms in total. The fraction of sp³-hybridized carbons (Fsp3) is 0.577. The lowest BCUT2D eigenvalue weighted by atomic mass is 9.96. The Labute approximate surface area is 216 Å². The number of likely N-dealkylation sites (tertiary alicyclic amines) is 2. The first-order chi connectivity index (χ1) is 17.4. The molecule has 36 heavy (non-hydrogen) atoms. The smallest absolute Gasteiger partial charge is 0.273 e. The lowest BCUT2D eigenvalue weighted by molar-refractivity contribution is 0.0654. The molecule has 2 aliphatic heterocycles. The number of methoxy groups -OCH3 is 3. The molecular formula is C26H36N4O5S. The molecule has 0 radical (unpaired) electrons. The van der Waals surface area contributed by atoms with Gasteiger partial charge in [-0.1, -0.05) is 0 Å². The maximum atomic E-state index is 13.3. The van der Waals surface area contributed by atoms with Gasteiger partial charge >= 0.3 is 0 Å². The van der Waals surface area contributed by atoms with Crippen molar-refractivity contribution in [1.29, 1.82) is 0 Å². The second kappa shape index (κ2) is 11.5. The first-order valence-corrected chi connectivity index (χ1v) is 13.2. The molecule has 0 N–H and O–H groups in total. The van der Waals surface area contributed by atoms with Crippen molar-refractivity contribution in [3.8, 4) is 17.2 Å². The van der Waals surface area contributed by atoms with Gasteiger partial charge in [-0.25, -0.2) is 4.98 Å². The van der Waals surface area contributed by atoms with Crippen LogP contribution in [0.1, 0.15) is 57.5 Å². The van der Waals surface area contributed by atoms with E-state index in [1.807, 2.05) is 22.2 Å². The first kappa shape index (κ1) is 26.2. The van der Waals surface area contributed by atoms with E-state index in [2.05, 4.69) is 11.9 Å². The van der Waals surface area contributed by atoms with E-state index in [0.717, 1.165) is 43.8 Å². The van der Waals surface area contributed by atoms with Gasteiger partial charge in [0.25, 0.3) is 11.8 Å². The van der Waals surface area contributed by atoms with Gasteiger partial charge in [-0.3, -0.25) is 9.59 Å². The van der Waals surface area contributed by atoms with Crippen molar-refractivity contribution in [2.45, 2.75) is 37.6 Å². The summed E-state index contributed by atoms with van der Waals surface area (Å²) in [6.07, 6.45) is 3.58. The summed E-state index contributed by atoms with van der Waals surface area (Å²) in [5.41, 5.74) is 0.984. The summed E-state index contributed by atoms with van der Waals surface area (Å²) in [4.78, 5) is 37.1. The summed E-state index contributed by atoms with van der Waals surface area (Å²) >= 11 is 1.55. The van der Waals surface area contributed by atoms with Crippen molar-refractivity contribution in [1.82, 2.24) is 19.7 Å². The number of carbonyl (C=O) groups is 2. The molecule has 0 unspecified atom stereocenters. The topological polar surface area (TPSA) is 84.4 Å². The van der Waals surface area contributed by atoms with Crippen molar-refractivity contribution in [3.05, 3.63) is 33.8 Å². The van der Waals surface area contributed by atoms with E-state index in [1.54, 1.807) is 30.6 Å². The molecule has 0 spiro atoms. The number of thiazole rings is 1. The minimum atomic E-state index is -0.0963. The zero-order valence-electron chi connectivity index (χ0n) is 21.8. The molecule has 1 aromatic carbocycles. The number of aromatic nitrogens is 1. The fourth-order valence-electron chi connectivity index (χ4n) is 5.07. The lowest BCUT2D eigenvalue weighted by Crippen LogP contribution is -2.44. The SMILES string of the molecule is COc1ccc(C(=O)N2CCC(c3nc(C(=O)N(C)C4CCN(C)CC4)cs3)CC2)c(OC)c1OC. The molecule has 10 heteroatoms. The van der Waals surface area contributed by atoms with E-state index in [0.29, 0.717) is 41.6 Å². The lowest BCUT2D eigenvalue weighted by Gasteiger charge is -2.34. The average Bonchev–Trinajstić information content (AvgIpc) is 3.41. The van der Waals surface area contributed by atoms with Crippen LogP contribution in [0.4, 0.5) is 0 Å². The number of nitrogens with zero attached hydrogens (tertiary/aromatic N) is 4. The van der Waals surface area contributed by atoms with Gasteiger partial charge in [-0.2, -0.15) is 0 Å². The van der Waals surface area contributed by atoms with Crippen LogP contribution < -0.4 is 14.2 Å². The number of benzene rings is 1. The Hall–Kier alpha value is -2.85. The predicted octanol–water partition coefficient (Wildman–Crippen LogP) is 3.35. The van der Waals surface area contributed by atoms with E-state index in [9.17, 15) is 9.59 Å². The molecule has 2 amide bonds. The van der Waals surface area contributed by atoms with Crippen molar-refractivity contribution in [2.24, 2.45) is 0 Å². The molecule has 2 aromatic rings. The summed E-state index contributed by atoms with van der Waals surface area (Å²) in [7, 11) is 8.61. The van der Waals surface area contributed by atoms with Gasteiger partial charge in [0, 0.05) is 37.5 Å². The van der Waals surface area contributed by atoms with Crippen LogP contribution in [0, 0.1) is 0 Å². The summed E-state index contributed by atoms with van der Waals surface area (Å²) in [5.74, 6) is 1.44. The summed E-state index contributed by atoms with van der Waals surface area (Å²) in [5, 5.41) is 2.86. The van der Waals surface area contributed by atoms with Gasteiger partial charge in [0.05, 0.1) is 31.9 Å². The van der Waals surface area contributed by atoms with Gasteiger partial charge in [-0.05, 0) is 58.0 Å². The van der Waals surface area contributed by atoms with Crippen LogP contribution in [0.25, 0.3) is 0 Å². The molecule has 0 atom stereocenters. The number of amides is 2. The molecule has 0 aliphatic carbocycles. The van der Waals surface area contributed by atoms with Gasteiger partial charge in [0.15, 0.2) is 11.5 Å². The molecule has 0 saturated carbocycles. The van der Waals surface area contributed by atoms with Crippen molar-refractivity contribution < 1.29 is 23.8 Å². The Balaban J connectivity index is 1.38. The molecule has 1 aromatic heterocycles. The second-order valence-corrected chi connectivity index (χ2v) is 10.4. The summed E-state index contributed by atoms with van der Waals surface area (Å²) in [6, 6.07) is 3.70. The maximum Gasteiger partial charge on any atom is 0.273 e. The minimum Gasteiger partial charge on any atom is -0.493 e. The highest BCUT2D eigenvalue weighted by Gasteiger charge is 2.31. The highest BCUT2D eigenvalue weighted by atomic mass is 32.1. The highest BCUT2D eigenvalue weighted by molar-refractivity contribution is 7.09. The van der Waals surface area contributed by atoms with Gasteiger partial charge in [0.2, 0.25) is 5.75 Å². The Morgan fingerprint density at radius 2 is 1.64 bits per heavy atom. The van der Waals surface area contributed by atoms with Gasteiger partial charge < -0.3 is 28.9 Å². The number of ether oxygens (including phenoxy) is 3. The van der Waals surface area contributed by atoms with Crippen molar-refractivity contribution in [2.75, 3.05) is 61.6 Å². The van der Waals surface area contributed by atoms with Crippen LogP contribution in [0.15, 0.2) is 17.5 Å². The summed E-state index contributed by atoms with van der Waals surface area (Å²) in [6.45, 7) is 3.24. The monoisotopic (exact) mass is 516 g/mol. The number of carbonyl (C=O) groups excluding carboxylic acids is 2.